The normalized spacial score (nSPS) is 25.4. The van der Waals surface area contributed by atoms with Crippen LogP contribution in [-0.2, 0) is 4.74 Å². The lowest BCUT2D eigenvalue weighted by atomic mass is 10.2. The van der Waals surface area contributed by atoms with Crippen LogP contribution in [0, 0.1) is 0 Å². The molecule has 0 saturated carbocycles. The largest absolute Gasteiger partial charge is 0.373 e. The van der Waals surface area contributed by atoms with Crippen molar-refractivity contribution in [3.05, 3.63) is 23.9 Å². The molecule has 2 N–H and O–H groups in total. The Labute approximate surface area is 124 Å². The first-order valence-electron chi connectivity index (χ1n) is 7.54. The van der Waals surface area contributed by atoms with Crippen LogP contribution in [0.25, 0.3) is 0 Å². The number of fused-ring (bicyclic) bond motifs is 1. The summed E-state index contributed by atoms with van der Waals surface area (Å²) in [6, 6.07) is 4.16. The van der Waals surface area contributed by atoms with Crippen molar-refractivity contribution in [2.45, 2.75) is 25.0 Å². The molecule has 114 valence electrons. The topological polar surface area (TPSA) is 66.5 Å². The van der Waals surface area contributed by atoms with E-state index in [4.69, 9.17) is 4.74 Å². The number of ether oxygens (including phenoxy) is 1. The highest BCUT2D eigenvalue weighted by atomic mass is 16.5. The number of hydrogen-bond acceptors (Lipinski definition) is 5. The number of hydrogen-bond donors (Lipinski definition) is 2. The SMILES string of the molecule is CNc1ccc(C(=O)NCC2CN3CCCC3CO2)cn1. The first kappa shape index (κ1) is 14.3. The van der Waals surface area contributed by atoms with Crippen LogP contribution in [0.2, 0.25) is 0 Å². The summed E-state index contributed by atoms with van der Waals surface area (Å²) in [5, 5.41) is 5.86. The molecule has 1 aromatic rings. The molecule has 6 nitrogen and oxygen atoms in total. The monoisotopic (exact) mass is 290 g/mol. The van der Waals surface area contributed by atoms with Crippen molar-refractivity contribution in [1.82, 2.24) is 15.2 Å². The maximum atomic E-state index is 12.1. The summed E-state index contributed by atoms with van der Waals surface area (Å²) in [6.07, 6.45) is 4.17. The quantitative estimate of drug-likeness (QED) is 0.855. The summed E-state index contributed by atoms with van der Waals surface area (Å²) >= 11 is 0. The van der Waals surface area contributed by atoms with Gasteiger partial charge in [0.15, 0.2) is 0 Å². The molecular weight excluding hydrogens is 268 g/mol. The van der Waals surface area contributed by atoms with E-state index in [9.17, 15) is 4.79 Å². The van der Waals surface area contributed by atoms with Crippen molar-refractivity contribution in [3.63, 3.8) is 0 Å². The molecule has 2 unspecified atom stereocenters. The van der Waals surface area contributed by atoms with Crippen molar-refractivity contribution >= 4 is 11.7 Å². The molecule has 0 spiro atoms. The van der Waals surface area contributed by atoms with Crippen molar-refractivity contribution in [2.24, 2.45) is 0 Å². The second kappa shape index (κ2) is 6.41. The molecule has 2 atom stereocenters. The minimum atomic E-state index is -0.0997. The molecule has 1 amide bonds. The van der Waals surface area contributed by atoms with Gasteiger partial charge in [-0.15, -0.1) is 0 Å². The van der Waals surface area contributed by atoms with Crippen LogP contribution in [0.15, 0.2) is 18.3 Å². The van der Waals surface area contributed by atoms with Crippen LogP contribution in [0.3, 0.4) is 0 Å². The van der Waals surface area contributed by atoms with Gasteiger partial charge < -0.3 is 15.4 Å². The van der Waals surface area contributed by atoms with E-state index in [2.05, 4.69) is 20.5 Å². The lowest BCUT2D eigenvalue weighted by molar-refractivity contribution is -0.0461. The Balaban J connectivity index is 1.49. The van der Waals surface area contributed by atoms with Crippen LogP contribution in [0.1, 0.15) is 23.2 Å². The Morgan fingerprint density at radius 3 is 3.19 bits per heavy atom. The molecule has 0 aliphatic carbocycles. The molecule has 3 rings (SSSR count). The first-order chi connectivity index (χ1) is 10.3. The van der Waals surface area contributed by atoms with E-state index in [0.717, 1.165) is 25.5 Å². The second-order valence-corrected chi connectivity index (χ2v) is 5.64. The zero-order valence-corrected chi connectivity index (χ0v) is 12.3. The highest BCUT2D eigenvalue weighted by molar-refractivity contribution is 5.94. The number of amides is 1. The predicted molar refractivity (Wildman–Crippen MR) is 80.5 cm³/mol. The van der Waals surface area contributed by atoms with Gasteiger partial charge >= 0.3 is 0 Å². The molecule has 2 aliphatic heterocycles. The molecule has 1 aromatic heterocycles. The number of nitrogens with zero attached hydrogens (tertiary/aromatic N) is 2. The fourth-order valence-corrected chi connectivity index (χ4v) is 2.99. The number of pyridine rings is 1. The molecular formula is C15H22N4O2. The summed E-state index contributed by atoms with van der Waals surface area (Å²) < 4.78 is 5.83. The second-order valence-electron chi connectivity index (χ2n) is 5.64. The first-order valence-corrected chi connectivity index (χ1v) is 7.54. The molecule has 2 fully saturated rings. The van der Waals surface area contributed by atoms with E-state index in [1.165, 1.54) is 12.8 Å². The van der Waals surface area contributed by atoms with Crippen molar-refractivity contribution in [1.29, 1.82) is 0 Å². The number of carbonyl (C=O) groups is 1. The van der Waals surface area contributed by atoms with Crippen LogP contribution in [0.5, 0.6) is 0 Å². The fraction of sp³-hybridized carbons (Fsp3) is 0.600. The van der Waals surface area contributed by atoms with Crippen molar-refractivity contribution in [3.8, 4) is 0 Å². The standard InChI is InChI=1S/C15H22N4O2/c1-16-14-5-4-11(7-17-14)15(20)18-8-13-9-19-6-2-3-12(19)10-21-13/h4-5,7,12-13H,2-3,6,8-10H2,1H3,(H,16,17)(H,18,20). The average molecular weight is 290 g/mol. The van der Waals surface area contributed by atoms with Gasteiger partial charge in [0.1, 0.15) is 5.82 Å². The van der Waals surface area contributed by atoms with E-state index in [1.54, 1.807) is 25.4 Å². The third-order valence-corrected chi connectivity index (χ3v) is 4.23. The smallest absolute Gasteiger partial charge is 0.252 e. The number of aromatic nitrogens is 1. The van der Waals surface area contributed by atoms with Gasteiger partial charge in [-0.3, -0.25) is 9.69 Å². The summed E-state index contributed by atoms with van der Waals surface area (Å²) in [7, 11) is 1.80. The number of anilines is 1. The van der Waals surface area contributed by atoms with E-state index in [1.807, 2.05) is 0 Å². The number of rotatable bonds is 4. The highest BCUT2D eigenvalue weighted by Crippen LogP contribution is 2.22. The maximum absolute atomic E-state index is 12.1. The summed E-state index contributed by atoms with van der Waals surface area (Å²) in [5.74, 6) is 0.652. The van der Waals surface area contributed by atoms with Gasteiger partial charge in [0.25, 0.3) is 5.91 Å². The van der Waals surface area contributed by atoms with Crippen molar-refractivity contribution in [2.75, 3.05) is 38.6 Å². The van der Waals surface area contributed by atoms with Gasteiger partial charge in [0, 0.05) is 32.4 Å². The lowest BCUT2D eigenvalue weighted by Gasteiger charge is -2.35. The molecule has 3 heterocycles. The van der Waals surface area contributed by atoms with Gasteiger partial charge in [-0.25, -0.2) is 4.98 Å². The van der Waals surface area contributed by atoms with E-state index < -0.39 is 0 Å². The zero-order chi connectivity index (χ0) is 14.7. The van der Waals surface area contributed by atoms with Gasteiger partial charge in [0.2, 0.25) is 0 Å². The van der Waals surface area contributed by atoms with Gasteiger partial charge in [-0.05, 0) is 31.5 Å². The van der Waals surface area contributed by atoms with E-state index in [0.29, 0.717) is 18.2 Å². The Kier molecular flexibility index (Phi) is 4.36. The van der Waals surface area contributed by atoms with E-state index in [-0.39, 0.29) is 12.0 Å². The molecule has 6 heteroatoms. The van der Waals surface area contributed by atoms with Crippen molar-refractivity contribution < 1.29 is 9.53 Å². The maximum Gasteiger partial charge on any atom is 0.252 e. The summed E-state index contributed by atoms with van der Waals surface area (Å²) in [5.41, 5.74) is 0.573. The predicted octanol–water partition coefficient (Wildman–Crippen LogP) is 0.716. The van der Waals surface area contributed by atoms with Gasteiger partial charge in [0.05, 0.1) is 18.3 Å². The van der Waals surface area contributed by atoms with Crippen LogP contribution in [0.4, 0.5) is 5.82 Å². The molecule has 0 aromatic carbocycles. The highest BCUT2D eigenvalue weighted by Gasteiger charge is 2.32. The molecule has 21 heavy (non-hydrogen) atoms. The molecule has 2 saturated heterocycles. The van der Waals surface area contributed by atoms with E-state index >= 15 is 0 Å². The summed E-state index contributed by atoms with van der Waals surface area (Å²) in [6.45, 7) is 3.42. The molecule has 0 radical (unpaired) electrons. The minimum absolute atomic E-state index is 0.0906. The third kappa shape index (κ3) is 3.33. The summed E-state index contributed by atoms with van der Waals surface area (Å²) in [4.78, 5) is 18.7. The van der Waals surface area contributed by atoms with Crippen LogP contribution < -0.4 is 10.6 Å². The van der Waals surface area contributed by atoms with Gasteiger partial charge in [-0.2, -0.15) is 0 Å². The zero-order valence-electron chi connectivity index (χ0n) is 12.3. The average Bonchev–Trinajstić information content (AvgIpc) is 3.00. The Morgan fingerprint density at radius 2 is 2.43 bits per heavy atom. The molecule has 0 bridgehead atoms. The Morgan fingerprint density at radius 1 is 1.52 bits per heavy atom. The number of morpholine rings is 1. The fourth-order valence-electron chi connectivity index (χ4n) is 2.99. The number of carbonyl (C=O) groups excluding carboxylic acids is 1. The third-order valence-electron chi connectivity index (χ3n) is 4.23. The Hall–Kier alpha value is -1.66. The Bertz CT molecular complexity index is 491. The lowest BCUT2D eigenvalue weighted by Crippen LogP contribution is -2.50. The van der Waals surface area contributed by atoms with Crippen LogP contribution >= 0.6 is 0 Å². The molecule has 2 aliphatic rings. The van der Waals surface area contributed by atoms with Crippen LogP contribution in [-0.4, -0.2) is 61.2 Å². The number of nitrogens with one attached hydrogen (secondary N) is 2. The minimum Gasteiger partial charge on any atom is -0.373 e. The van der Waals surface area contributed by atoms with Gasteiger partial charge in [-0.1, -0.05) is 0 Å².